The average molecular weight is 516 g/mol. The molecule has 3 aliphatic rings. The molecule has 1 unspecified atom stereocenters. The summed E-state index contributed by atoms with van der Waals surface area (Å²) in [6.45, 7) is 4.66. The van der Waals surface area contributed by atoms with Crippen LogP contribution in [-0.2, 0) is 6.54 Å². The van der Waals surface area contributed by atoms with Crippen molar-refractivity contribution < 1.29 is 22.6 Å². The molecule has 2 fully saturated rings. The maximum atomic E-state index is 14.2. The Hall–Kier alpha value is -3.57. The monoisotopic (exact) mass is 515 g/mol. The van der Waals surface area contributed by atoms with Crippen LogP contribution in [0.4, 0.5) is 24.8 Å². The first kappa shape index (κ1) is 23.8. The predicted octanol–water partition coefficient (Wildman–Crippen LogP) is 3.98. The lowest BCUT2D eigenvalue weighted by Crippen LogP contribution is -2.49. The van der Waals surface area contributed by atoms with E-state index in [1.165, 1.54) is 0 Å². The van der Waals surface area contributed by atoms with Gasteiger partial charge < -0.3 is 19.7 Å². The number of piperidine rings is 1. The molecule has 2 bridgehead atoms. The number of fused-ring (bicyclic) bond motifs is 3. The van der Waals surface area contributed by atoms with Gasteiger partial charge in [-0.15, -0.1) is 10.2 Å². The molecular formula is C25H28F3N7O2. The highest BCUT2D eigenvalue weighted by molar-refractivity contribution is 5.48. The molecule has 0 radical (unpaired) electrons. The maximum absolute atomic E-state index is 14.2. The normalized spacial score (nSPS) is 26.6. The number of nitrogens with zero attached hydrogens (tertiary/aromatic N) is 6. The summed E-state index contributed by atoms with van der Waals surface area (Å²) in [6.07, 6.45) is 3.56. The van der Waals surface area contributed by atoms with Crippen LogP contribution in [0.1, 0.15) is 38.1 Å². The number of ether oxygens (including phenoxy) is 2. The van der Waals surface area contributed by atoms with Crippen molar-refractivity contribution in [2.24, 2.45) is 17.8 Å². The first-order valence-corrected chi connectivity index (χ1v) is 12.5. The quantitative estimate of drug-likeness (QED) is 0.493. The predicted molar refractivity (Wildman–Crippen MR) is 128 cm³/mol. The molecule has 196 valence electrons. The largest absolute Gasteiger partial charge is 0.480 e. The smallest absolute Gasteiger partial charge is 0.242 e. The number of hydrogen-bond donors (Lipinski definition) is 1. The van der Waals surface area contributed by atoms with Gasteiger partial charge in [0.15, 0.2) is 29.3 Å². The van der Waals surface area contributed by atoms with Gasteiger partial charge in [-0.1, -0.05) is 6.92 Å². The molecule has 6 rings (SSSR count). The molecule has 2 aliphatic heterocycles. The Morgan fingerprint density at radius 3 is 2.81 bits per heavy atom. The molecular weight excluding hydrogens is 487 g/mol. The summed E-state index contributed by atoms with van der Waals surface area (Å²) in [6, 6.07) is 4.07. The summed E-state index contributed by atoms with van der Waals surface area (Å²) in [4.78, 5) is 7.02. The molecule has 12 heteroatoms. The molecule has 1 saturated carbocycles. The van der Waals surface area contributed by atoms with E-state index in [-0.39, 0.29) is 11.8 Å². The first-order chi connectivity index (χ1) is 17.9. The van der Waals surface area contributed by atoms with Crippen LogP contribution in [0.3, 0.4) is 0 Å². The Morgan fingerprint density at radius 2 is 2.00 bits per heavy atom. The van der Waals surface area contributed by atoms with Gasteiger partial charge in [-0.25, -0.2) is 13.5 Å². The number of rotatable bonds is 6. The van der Waals surface area contributed by atoms with Crippen molar-refractivity contribution in [2.45, 2.75) is 44.9 Å². The van der Waals surface area contributed by atoms with E-state index in [1.54, 1.807) is 18.0 Å². The fourth-order valence-corrected chi connectivity index (χ4v) is 6.03. The Bertz CT molecular complexity index is 1310. The van der Waals surface area contributed by atoms with Crippen LogP contribution in [-0.4, -0.2) is 51.2 Å². The van der Waals surface area contributed by atoms with Crippen LogP contribution in [0, 0.1) is 35.2 Å². The third kappa shape index (κ3) is 4.31. The van der Waals surface area contributed by atoms with E-state index in [0.29, 0.717) is 48.4 Å². The third-order valence-electron chi connectivity index (χ3n) is 7.84. The van der Waals surface area contributed by atoms with Crippen LogP contribution in [0.2, 0.25) is 0 Å². The standard InChI is InChI=1S/C25H28F3N7O2/c1-13-8-14-11-34(15-9-20(36-2)32-29-10-15)12-16(13)23(14)30-25-31-24-19(4-3-7-35(24)33-25)37-18-6-5-17(26)21(27)22(18)28/h5-6,9-10,13-14,16,19,23H,3-4,7-8,11-12H2,1-2H3,(H,30,33)/t13?,14-,16-,19+,23-/m0/s1. The average Bonchev–Trinajstić information content (AvgIpc) is 3.39. The van der Waals surface area contributed by atoms with Gasteiger partial charge in [-0.2, -0.15) is 14.5 Å². The lowest BCUT2D eigenvalue weighted by molar-refractivity contribution is 0.147. The molecule has 0 amide bonds. The third-order valence-corrected chi connectivity index (χ3v) is 7.84. The van der Waals surface area contributed by atoms with Crippen molar-refractivity contribution in [3.8, 4) is 11.6 Å². The summed E-state index contributed by atoms with van der Waals surface area (Å²) in [5.74, 6) is -1.65. The van der Waals surface area contributed by atoms with Gasteiger partial charge in [0.05, 0.1) is 19.0 Å². The summed E-state index contributed by atoms with van der Waals surface area (Å²) in [5, 5.41) is 16.3. The molecule has 1 N–H and O–H groups in total. The zero-order valence-electron chi connectivity index (χ0n) is 20.6. The first-order valence-electron chi connectivity index (χ1n) is 12.5. The van der Waals surface area contributed by atoms with Crippen molar-refractivity contribution in [1.29, 1.82) is 0 Å². The van der Waals surface area contributed by atoms with Crippen molar-refractivity contribution >= 4 is 11.6 Å². The topological polar surface area (TPSA) is 90.2 Å². The molecule has 4 heterocycles. The second-order valence-electron chi connectivity index (χ2n) is 10.1. The Kier molecular flexibility index (Phi) is 6.04. The van der Waals surface area contributed by atoms with E-state index in [2.05, 4.69) is 32.4 Å². The van der Waals surface area contributed by atoms with Crippen LogP contribution < -0.4 is 19.7 Å². The van der Waals surface area contributed by atoms with Crippen LogP contribution in [0.5, 0.6) is 11.6 Å². The van der Waals surface area contributed by atoms with Crippen molar-refractivity contribution in [3.63, 3.8) is 0 Å². The van der Waals surface area contributed by atoms with Crippen molar-refractivity contribution in [1.82, 2.24) is 25.0 Å². The summed E-state index contributed by atoms with van der Waals surface area (Å²) < 4.78 is 54.0. The lowest BCUT2D eigenvalue weighted by atomic mass is 9.89. The minimum Gasteiger partial charge on any atom is -0.480 e. The molecule has 1 saturated heterocycles. The Morgan fingerprint density at radius 1 is 1.14 bits per heavy atom. The van der Waals surface area contributed by atoms with Gasteiger partial charge >= 0.3 is 0 Å². The fraction of sp³-hybridized carbons (Fsp3) is 0.520. The maximum Gasteiger partial charge on any atom is 0.242 e. The van der Waals surface area contributed by atoms with Gasteiger partial charge in [-0.3, -0.25) is 0 Å². The fourth-order valence-electron chi connectivity index (χ4n) is 6.03. The van der Waals surface area contributed by atoms with E-state index in [0.717, 1.165) is 43.8 Å². The van der Waals surface area contributed by atoms with E-state index >= 15 is 0 Å². The second kappa shape index (κ2) is 9.38. The summed E-state index contributed by atoms with van der Waals surface area (Å²) >= 11 is 0. The van der Waals surface area contributed by atoms with Crippen LogP contribution in [0.15, 0.2) is 24.4 Å². The highest BCUT2D eigenvalue weighted by atomic mass is 19.2. The highest BCUT2D eigenvalue weighted by Crippen LogP contribution is 2.44. The number of methoxy groups -OCH3 is 1. The number of aromatic nitrogens is 5. The Labute approximate surface area is 212 Å². The summed E-state index contributed by atoms with van der Waals surface area (Å²) in [5.41, 5.74) is 0.995. The minimum atomic E-state index is -1.55. The number of anilines is 2. The van der Waals surface area contributed by atoms with E-state index in [4.69, 9.17) is 14.5 Å². The van der Waals surface area contributed by atoms with Gasteiger partial charge in [0.25, 0.3) is 0 Å². The zero-order chi connectivity index (χ0) is 25.7. The molecule has 37 heavy (non-hydrogen) atoms. The lowest BCUT2D eigenvalue weighted by Gasteiger charge is -2.39. The molecule has 5 atom stereocenters. The van der Waals surface area contributed by atoms with Crippen LogP contribution >= 0.6 is 0 Å². The van der Waals surface area contributed by atoms with Gasteiger partial charge in [0.2, 0.25) is 17.6 Å². The van der Waals surface area contributed by atoms with Gasteiger partial charge in [-0.05, 0) is 49.1 Å². The zero-order valence-corrected chi connectivity index (χ0v) is 20.6. The van der Waals surface area contributed by atoms with E-state index in [1.807, 2.05) is 6.07 Å². The van der Waals surface area contributed by atoms with Gasteiger partial charge in [0.1, 0.15) is 0 Å². The molecule has 0 spiro atoms. The summed E-state index contributed by atoms with van der Waals surface area (Å²) in [7, 11) is 1.58. The Balaban J connectivity index is 1.19. The number of nitrogens with one attached hydrogen (secondary N) is 1. The highest BCUT2D eigenvalue weighted by Gasteiger charge is 2.47. The molecule has 9 nitrogen and oxygen atoms in total. The molecule has 2 aromatic heterocycles. The minimum absolute atomic E-state index is 0.204. The van der Waals surface area contributed by atoms with Crippen molar-refractivity contribution in [3.05, 3.63) is 47.7 Å². The molecule has 1 aromatic carbocycles. The number of hydrogen-bond acceptors (Lipinski definition) is 8. The van der Waals surface area contributed by atoms with E-state index < -0.39 is 23.6 Å². The number of halogens is 3. The number of benzene rings is 1. The number of aryl methyl sites for hydroxylation is 1. The molecule has 1 aliphatic carbocycles. The SMILES string of the molecule is COc1cc(N2C[C@@H]3CC(C)[C@H](C2)[C@H]3Nc2nc3n(n2)CCC[C@H]3Oc2ccc(F)c(F)c2F)cnn1. The van der Waals surface area contributed by atoms with Gasteiger partial charge in [0, 0.05) is 31.7 Å². The van der Waals surface area contributed by atoms with Crippen molar-refractivity contribution in [2.75, 3.05) is 30.4 Å². The second-order valence-corrected chi connectivity index (χ2v) is 10.1. The molecule has 3 aromatic rings. The van der Waals surface area contributed by atoms with Crippen LogP contribution in [0.25, 0.3) is 0 Å². The van der Waals surface area contributed by atoms with E-state index in [9.17, 15) is 13.2 Å².